The fraction of sp³-hybridized carbons (Fsp3) is 0.278. The summed E-state index contributed by atoms with van der Waals surface area (Å²) in [4.78, 5) is 0. The normalized spacial score (nSPS) is 11.4. The molecule has 0 spiro atoms. The molecule has 2 aromatic rings. The molecule has 2 rings (SSSR count). The Balaban J connectivity index is 1.96. The molecule has 21 heavy (non-hydrogen) atoms. The number of hydrogen-bond donors (Lipinski definition) is 0. The van der Waals surface area contributed by atoms with Gasteiger partial charge in [-0.25, -0.2) is 0 Å². The van der Waals surface area contributed by atoms with Gasteiger partial charge in [-0.3, -0.25) is 0 Å². The number of benzene rings is 2. The Morgan fingerprint density at radius 3 is 2.38 bits per heavy atom. The summed E-state index contributed by atoms with van der Waals surface area (Å²) in [7, 11) is 0.701. The molecule has 0 aromatic heterocycles. The summed E-state index contributed by atoms with van der Waals surface area (Å²) < 4.78 is 5.66. The number of unbranched alkanes of at least 4 members (excludes halogenated alkanes) is 2. The minimum atomic E-state index is 0.118. The molecule has 0 radical (unpaired) electrons. The van der Waals surface area contributed by atoms with Gasteiger partial charge in [-0.05, 0) is 36.2 Å². The van der Waals surface area contributed by atoms with E-state index in [0.717, 1.165) is 29.6 Å². The number of ether oxygens (including phenoxy) is 1. The molecule has 2 nitrogen and oxygen atoms in total. The van der Waals surface area contributed by atoms with Crippen molar-refractivity contribution in [2.75, 3.05) is 6.61 Å². The molecule has 0 N–H and O–H groups in total. The topological polar surface area (TPSA) is 32.3 Å². The predicted molar refractivity (Wildman–Crippen MR) is 88.6 cm³/mol. The zero-order chi connectivity index (χ0) is 14.9. The lowest BCUT2D eigenvalue weighted by Crippen LogP contribution is -2.17. The predicted octanol–water partition coefficient (Wildman–Crippen LogP) is 3.37. The van der Waals surface area contributed by atoms with Crippen LogP contribution in [0.4, 0.5) is 0 Å². The van der Waals surface area contributed by atoms with Gasteiger partial charge >= 0.3 is 0 Å². The molecule has 0 atom stereocenters. The average molecular weight is 299 g/mol. The lowest BCUT2D eigenvalue weighted by molar-refractivity contribution is -0.207. The minimum absolute atomic E-state index is 0.118. The highest BCUT2D eigenvalue weighted by Crippen LogP contribution is 2.12. The van der Waals surface area contributed by atoms with E-state index in [1.807, 2.05) is 54.6 Å². The molecule has 2 aromatic carbocycles. The molecule has 0 saturated carbocycles. The largest absolute Gasteiger partial charge is 0.823 e. The standard InChI is InChI=1S/C18H21O2P/c1-2-3-7-14-20-16-10-12-17(13-11-16)21-18(19)15-8-5-4-6-9-15/h4-6,8-13,19H,2-3,7,14H2,1H3/p-1. The van der Waals surface area contributed by atoms with Gasteiger partial charge in [-0.1, -0.05) is 58.3 Å². The van der Waals surface area contributed by atoms with Crippen LogP contribution >= 0.6 is 8.20 Å². The van der Waals surface area contributed by atoms with Gasteiger partial charge in [0.05, 0.1) is 6.61 Å². The van der Waals surface area contributed by atoms with E-state index in [1.165, 1.54) is 12.8 Å². The quantitative estimate of drug-likeness (QED) is 0.580. The first-order valence-corrected chi connectivity index (χ1v) is 8.23. The van der Waals surface area contributed by atoms with Gasteiger partial charge in [0.1, 0.15) is 5.75 Å². The van der Waals surface area contributed by atoms with Crippen molar-refractivity contribution < 1.29 is 9.84 Å². The Labute approximate surface area is 128 Å². The summed E-state index contributed by atoms with van der Waals surface area (Å²) in [6.45, 7) is 2.94. The fourth-order valence-electron chi connectivity index (χ4n) is 1.92. The van der Waals surface area contributed by atoms with Crippen molar-refractivity contribution >= 4 is 19.0 Å². The summed E-state index contributed by atoms with van der Waals surface area (Å²) >= 11 is 0. The van der Waals surface area contributed by atoms with E-state index in [-0.39, 0.29) is 5.48 Å². The Bertz CT molecular complexity index is 562. The molecule has 0 aliphatic carbocycles. The first-order valence-electron chi connectivity index (χ1n) is 7.33. The van der Waals surface area contributed by atoms with Crippen molar-refractivity contribution in [1.29, 1.82) is 0 Å². The molecule has 0 saturated heterocycles. The molecule has 0 amide bonds. The fourth-order valence-corrected chi connectivity index (χ4v) is 2.73. The molecule has 0 fully saturated rings. The molecule has 110 valence electrons. The maximum atomic E-state index is 12.1. The summed E-state index contributed by atoms with van der Waals surface area (Å²) in [5.41, 5.74) is 0.867. The Morgan fingerprint density at radius 1 is 1.00 bits per heavy atom. The molecular weight excluding hydrogens is 279 g/mol. The lowest BCUT2D eigenvalue weighted by atomic mass is 10.2. The zero-order valence-corrected chi connectivity index (χ0v) is 13.2. The van der Waals surface area contributed by atoms with E-state index in [4.69, 9.17) is 4.74 Å². The van der Waals surface area contributed by atoms with Gasteiger partial charge in [0.25, 0.3) is 0 Å². The van der Waals surface area contributed by atoms with Gasteiger partial charge in [-0.15, -0.1) is 5.48 Å². The Morgan fingerprint density at radius 2 is 1.71 bits per heavy atom. The van der Waals surface area contributed by atoms with E-state index in [1.54, 1.807) is 0 Å². The van der Waals surface area contributed by atoms with Crippen LogP contribution in [0.5, 0.6) is 5.75 Å². The second kappa shape index (κ2) is 8.61. The smallest absolute Gasteiger partial charge is 0.119 e. The third-order valence-corrected chi connectivity index (χ3v) is 4.12. The third-order valence-electron chi connectivity index (χ3n) is 3.10. The first kappa shape index (κ1) is 15.8. The second-order valence-electron chi connectivity index (χ2n) is 4.83. The van der Waals surface area contributed by atoms with Gasteiger partial charge in [0.15, 0.2) is 0 Å². The van der Waals surface area contributed by atoms with Crippen LogP contribution in [0, 0.1) is 0 Å². The van der Waals surface area contributed by atoms with Gasteiger partial charge in [0.2, 0.25) is 0 Å². The van der Waals surface area contributed by atoms with E-state index in [0.29, 0.717) is 8.20 Å². The van der Waals surface area contributed by atoms with Gasteiger partial charge < -0.3 is 9.84 Å². The summed E-state index contributed by atoms with van der Waals surface area (Å²) in [5.74, 6) is 0.872. The van der Waals surface area contributed by atoms with Crippen molar-refractivity contribution in [3.8, 4) is 5.75 Å². The summed E-state index contributed by atoms with van der Waals surface area (Å²) in [6, 6.07) is 17.2. The maximum Gasteiger partial charge on any atom is 0.119 e. The van der Waals surface area contributed by atoms with Gasteiger partial charge in [0, 0.05) is 5.30 Å². The van der Waals surface area contributed by atoms with Crippen LogP contribution in [-0.4, -0.2) is 12.1 Å². The Hall–Kier alpha value is -1.63. The number of rotatable bonds is 7. The molecule has 0 bridgehead atoms. The van der Waals surface area contributed by atoms with Gasteiger partial charge in [-0.2, -0.15) is 0 Å². The van der Waals surface area contributed by atoms with E-state index >= 15 is 0 Å². The second-order valence-corrected chi connectivity index (χ2v) is 5.98. The van der Waals surface area contributed by atoms with Crippen LogP contribution in [0.15, 0.2) is 54.6 Å². The van der Waals surface area contributed by atoms with Crippen molar-refractivity contribution in [1.82, 2.24) is 0 Å². The summed E-state index contributed by atoms with van der Waals surface area (Å²) in [5, 5.41) is 13.1. The molecular formula is C18H20O2P-. The average Bonchev–Trinajstić information content (AvgIpc) is 2.54. The van der Waals surface area contributed by atoms with Crippen molar-refractivity contribution in [2.24, 2.45) is 0 Å². The van der Waals surface area contributed by atoms with Crippen LogP contribution in [0.3, 0.4) is 0 Å². The van der Waals surface area contributed by atoms with E-state index < -0.39 is 0 Å². The minimum Gasteiger partial charge on any atom is -0.823 e. The first-order chi connectivity index (χ1) is 10.3. The molecule has 3 heteroatoms. The van der Waals surface area contributed by atoms with E-state index in [2.05, 4.69) is 6.92 Å². The van der Waals surface area contributed by atoms with Crippen molar-refractivity contribution in [3.05, 3.63) is 60.2 Å². The van der Waals surface area contributed by atoms with Crippen LogP contribution in [0.1, 0.15) is 31.7 Å². The van der Waals surface area contributed by atoms with E-state index in [9.17, 15) is 5.11 Å². The SMILES string of the molecule is CCCCCOc1ccc(P=C([O-])c2ccccc2)cc1. The van der Waals surface area contributed by atoms with Crippen LogP contribution < -0.4 is 15.1 Å². The Kier molecular flexibility index (Phi) is 6.46. The molecule has 0 heterocycles. The van der Waals surface area contributed by atoms with Crippen LogP contribution in [-0.2, 0) is 0 Å². The summed E-state index contributed by atoms with van der Waals surface area (Å²) in [6.07, 6.45) is 3.48. The highest BCUT2D eigenvalue weighted by molar-refractivity contribution is 7.48. The molecule has 0 aliphatic heterocycles. The van der Waals surface area contributed by atoms with Crippen LogP contribution in [0.25, 0.3) is 0 Å². The third kappa shape index (κ3) is 5.34. The highest BCUT2D eigenvalue weighted by atomic mass is 31.1. The van der Waals surface area contributed by atoms with Crippen molar-refractivity contribution in [3.63, 3.8) is 0 Å². The number of hydrogen-bond acceptors (Lipinski definition) is 2. The monoisotopic (exact) mass is 299 g/mol. The maximum absolute atomic E-state index is 12.1. The van der Waals surface area contributed by atoms with Crippen molar-refractivity contribution in [2.45, 2.75) is 26.2 Å². The zero-order valence-electron chi connectivity index (χ0n) is 12.3. The molecule has 0 aliphatic rings. The lowest BCUT2D eigenvalue weighted by Gasteiger charge is -2.11. The highest BCUT2D eigenvalue weighted by Gasteiger charge is 1.95. The molecule has 0 unspecified atom stereocenters. The van der Waals surface area contributed by atoms with Crippen LogP contribution in [0.2, 0.25) is 0 Å².